The van der Waals surface area contributed by atoms with Crippen LogP contribution in [-0.4, -0.2) is 55.5 Å². The van der Waals surface area contributed by atoms with Crippen molar-refractivity contribution in [2.45, 2.75) is 12.8 Å². The molecule has 2 fully saturated rings. The Morgan fingerprint density at radius 1 is 1.00 bits per heavy atom. The molecule has 0 bridgehead atoms. The molecular weight excluding hydrogens is 342 g/mol. The second-order valence-corrected chi connectivity index (χ2v) is 6.98. The Morgan fingerprint density at radius 3 is 2.41 bits per heavy atom. The van der Waals surface area contributed by atoms with Crippen LogP contribution in [0.25, 0.3) is 0 Å². The SMILES string of the molecule is O=C(Nc1ccc(N2CCOCC2)cc1)C1CCN(c2cccnn2)CC1. The summed E-state index contributed by atoms with van der Waals surface area (Å²) < 4.78 is 5.39. The van der Waals surface area contributed by atoms with E-state index in [1.54, 1.807) is 6.20 Å². The summed E-state index contributed by atoms with van der Waals surface area (Å²) in [5.74, 6) is 1.03. The van der Waals surface area contributed by atoms with Crippen LogP contribution < -0.4 is 15.1 Å². The van der Waals surface area contributed by atoms with Crippen molar-refractivity contribution in [2.75, 3.05) is 54.5 Å². The molecule has 1 amide bonds. The maximum Gasteiger partial charge on any atom is 0.227 e. The van der Waals surface area contributed by atoms with Crippen molar-refractivity contribution in [2.24, 2.45) is 5.92 Å². The molecule has 142 valence electrons. The number of amides is 1. The molecule has 0 unspecified atom stereocenters. The monoisotopic (exact) mass is 367 g/mol. The predicted molar refractivity (Wildman–Crippen MR) is 105 cm³/mol. The molecule has 27 heavy (non-hydrogen) atoms. The number of ether oxygens (including phenoxy) is 1. The summed E-state index contributed by atoms with van der Waals surface area (Å²) in [5, 5.41) is 11.1. The van der Waals surface area contributed by atoms with Gasteiger partial charge in [0.1, 0.15) is 0 Å². The van der Waals surface area contributed by atoms with Crippen LogP contribution in [0.4, 0.5) is 17.2 Å². The van der Waals surface area contributed by atoms with Crippen LogP contribution in [0.1, 0.15) is 12.8 Å². The minimum Gasteiger partial charge on any atom is -0.378 e. The van der Waals surface area contributed by atoms with E-state index < -0.39 is 0 Å². The number of aromatic nitrogens is 2. The van der Waals surface area contributed by atoms with Crippen molar-refractivity contribution in [3.63, 3.8) is 0 Å². The third-order valence-electron chi connectivity index (χ3n) is 5.26. The molecule has 1 N–H and O–H groups in total. The molecule has 2 aliphatic rings. The topological polar surface area (TPSA) is 70.6 Å². The number of anilines is 3. The molecule has 7 heteroatoms. The quantitative estimate of drug-likeness (QED) is 0.893. The van der Waals surface area contributed by atoms with E-state index in [1.807, 2.05) is 24.3 Å². The minimum atomic E-state index is 0.0387. The third kappa shape index (κ3) is 4.36. The summed E-state index contributed by atoms with van der Waals surface area (Å²) in [6.45, 7) is 5.02. The van der Waals surface area contributed by atoms with E-state index in [1.165, 1.54) is 5.69 Å². The van der Waals surface area contributed by atoms with Gasteiger partial charge in [0.05, 0.1) is 13.2 Å². The zero-order valence-corrected chi connectivity index (χ0v) is 15.4. The van der Waals surface area contributed by atoms with Crippen LogP contribution in [0.3, 0.4) is 0 Å². The molecule has 7 nitrogen and oxygen atoms in total. The van der Waals surface area contributed by atoms with Gasteiger partial charge < -0.3 is 19.9 Å². The number of carbonyl (C=O) groups excluding carboxylic acids is 1. The van der Waals surface area contributed by atoms with Crippen LogP contribution in [-0.2, 0) is 9.53 Å². The highest BCUT2D eigenvalue weighted by molar-refractivity contribution is 5.92. The van der Waals surface area contributed by atoms with Crippen LogP contribution in [0.5, 0.6) is 0 Å². The number of piperidine rings is 1. The van der Waals surface area contributed by atoms with Gasteiger partial charge in [-0.15, -0.1) is 5.10 Å². The zero-order valence-electron chi connectivity index (χ0n) is 15.4. The largest absolute Gasteiger partial charge is 0.378 e. The van der Waals surface area contributed by atoms with E-state index in [2.05, 4.69) is 37.4 Å². The molecule has 2 aliphatic heterocycles. The Balaban J connectivity index is 1.29. The lowest BCUT2D eigenvalue weighted by atomic mass is 9.96. The molecule has 1 aromatic heterocycles. The molecule has 2 aromatic rings. The number of nitrogens with one attached hydrogen (secondary N) is 1. The fourth-order valence-corrected chi connectivity index (χ4v) is 3.65. The summed E-state index contributed by atoms with van der Waals surface area (Å²) in [7, 11) is 0. The van der Waals surface area contributed by atoms with Crippen LogP contribution in [0.15, 0.2) is 42.6 Å². The van der Waals surface area contributed by atoms with Gasteiger partial charge in [-0.05, 0) is 49.2 Å². The van der Waals surface area contributed by atoms with Crippen molar-refractivity contribution < 1.29 is 9.53 Å². The van der Waals surface area contributed by atoms with Crippen molar-refractivity contribution in [3.05, 3.63) is 42.6 Å². The van der Waals surface area contributed by atoms with E-state index in [0.717, 1.165) is 63.7 Å². The van der Waals surface area contributed by atoms with Crippen molar-refractivity contribution >= 4 is 23.1 Å². The summed E-state index contributed by atoms with van der Waals surface area (Å²) in [4.78, 5) is 17.1. The van der Waals surface area contributed by atoms with E-state index in [9.17, 15) is 4.79 Å². The lowest BCUT2D eigenvalue weighted by molar-refractivity contribution is -0.120. The Kier molecular flexibility index (Phi) is 5.48. The average molecular weight is 367 g/mol. The first-order valence-electron chi connectivity index (χ1n) is 9.56. The molecule has 0 radical (unpaired) electrons. The normalized spacial score (nSPS) is 18.4. The van der Waals surface area contributed by atoms with Gasteiger partial charge in [-0.2, -0.15) is 5.10 Å². The first kappa shape index (κ1) is 17.7. The molecule has 2 saturated heterocycles. The van der Waals surface area contributed by atoms with Gasteiger partial charge in [0.2, 0.25) is 5.91 Å². The average Bonchev–Trinajstić information content (AvgIpc) is 2.76. The highest BCUT2D eigenvalue weighted by Gasteiger charge is 2.25. The van der Waals surface area contributed by atoms with E-state index in [4.69, 9.17) is 4.74 Å². The summed E-state index contributed by atoms with van der Waals surface area (Å²) in [6.07, 6.45) is 3.33. The number of rotatable bonds is 4. The van der Waals surface area contributed by atoms with Gasteiger partial charge in [-0.3, -0.25) is 4.79 Å². The molecule has 0 aliphatic carbocycles. The Morgan fingerprint density at radius 2 is 1.74 bits per heavy atom. The third-order valence-corrected chi connectivity index (χ3v) is 5.26. The Labute approximate surface area is 159 Å². The maximum atomic E-state index is 12.6. The summed E-state index contributed by atoms with van der Waals surface area (Å²) in [5.41, 5.74) is 2.03. The van der Waals surface area contributed by atoms with Gasteiger partial charge in [0.15, 0.2) is 5.82 Å². The van der Waals surface area contributed by atoms with Crippen LogP contribution in [0.2, 0.25) is 0 Å². The second kappa shape index (κ2) is 8.35. The summed E-state index contributed by atoms with van der Waals surface area (Å²) in [6, 6.07) is 12.0. The van der Waals surface area contributed by atoms with Crippen molar-refractivity contribution in [1.29, 1.82) is 0 Å². The lowest BCUT2D eigenvalue weighted by Crippen LogP contribution is -2.38. The number of morpholine rings is 1. The molecule has 4 rings (SSSR count). The van der Waals surface area contributed by atoms with Crippen LogP contribution in [0, 0.1) is 5.92 Å². The fraction of sp³-hybridized carbons (Fsp3) is 0.450. The van der Waals surface area contributed by atoms with Crippen molar-refractivity contribution in [1.82, 2.24) is 10.2 Å². The van der Waals surface area contributed by atoms with Gasteiger partial charge in [0.25, 0.3) is 0 Å². The molecule has 0 spiro atoms. The number of hydrogen-bond donors (Lipinski definition) is 1. The van der Waals surface area contributed by atoms with Crippen molar-refractivity contribution in [3.8, 4) is 0 Å². The number of hydrogen-bond acceptors (Lipinski definition) is 6. The van der Waals surface area contributed by atoms with E-state index in [-0.39, 0.29) is 11.8 Å². The fourth-order valence-electron chi connectivity index (χ4n) is 3.65. The number of nitrogens with zero attached hydrogens (tertiary/aromatic N) is 4. The highest BCUT2D eigenvalue weighted by atomic mass is 16.5. The molecule has 0 saturated carbocycles. The lowest BCUT2D eigenvalue weighted by Gasteiger charge is -2.31. The zero-order chi connectivity index (χ0) is 18.5. The standard InChI is InChI=1S/C20H25N5O2/c26-20(16-7-10-25(11-8-16)19-2-1-9-21-23-19)22-17-3-5-18(6-4-17)24-12-14-27-15-13-24/h1-6,9,16H,7-8,10-15H2,(H,22,26). The highest BCUT2D eigenvalue weighted by Crippen LogP contribution is 2.24. The second-order valence-electron chi connectivity index (χ2n) is 6.98. The Bertz CT molecular complexity index is 739. The number of benzene rings is 1. The van der Waals surface area contributed by atoms with Gasteiger partial charge in [-0.1, -0.05) is 0 Å². The number of carbonyl (C=O) groups is 1. The maximum absolute atomic E-state index is 12.6. The summed E-state index contributed by atoms with van der Waals surface area (Å²) >= 11 is 0. The first-order chi connectivity index (χ1) is 13.3. The predicted octanol–water partition coefficient (Wildman–Crippen LogP) is 2.17. The van der Waals surface area contributed by atoms with Crippen LogP contribution >= 0.6 is 0 Å². The van der Waals surface area contributed by atoms with E-state index >= 15 is 0 Å². The van der Waals surface area contributed by atoms with Gasteiger partial charge >= 0.3 is 0 Å². The molecule has 1 aromatic carbocycles. The van der Waals surface area contributed by atoms with Gasteiger partial charge in [-0.25, -0.2) is 0 Å². The van der Waals surface area contributed by atoms with Gasteiger partial charge in [0, 0.05) is 49.7 Å². The molecule has 0 atom stereocenters. The smallest absolute Gasteiger partial charge is 0.227 e. The minimum absolute atomic E-state index is 0.0387. The van der Waals surface area contributed by atoms with E-state index in [0.29, 0.717) is 0 Å². The molecule has 3 heterocycles. The Hall–Kier alpha value is -2.67. The first-order valence-corrected chi connectivity index (χ1v) is 9.56. The molecular formula is C20H25N5O2.